The summed E-state index contributed by atoms with van der Waals surface area (Å²) < 4.78 is 13.9. The van der Waals surface area contributed by atoms with Crippen LogP contribution >= 0.6 is 0 Å². The maximum atomic E-state index is 13.9. The fourth-order valence-corrected chi connectivity index (χ4v) is 3.87. The number of piperazine rings is 1. The van der Waals surface area contributed by atoms with E-state index < -0.39 is 11.7 Å². The van der Waals surface area contributed by atoms with Crippen LogP contribution in [-0.2, 0) is 4.79 Å². The third-order valence-corrected chi connectivity index (χ3v) is 5.34. The summed E-state index contributed by atoms with van der Waals surface area (Å²) in [5.74, 6) is -1.05. The van der Waals surface area contributed by atoms with Crippen LogP contribution in [0, 0.1) is 5.82 Å². The predicted molar refractivity (Wildman–Crippen MR) is 101 cm³/mol. The lowest BCUT2D eigenvalue weighted by atomic mass is 9.93. The molecule has 4 rings (SSSR count). The topological polar surface area (TPSA) is 77.6 Å². The molecule has 7 nitrogen and oxygen atoms in total. The van der Waals surface area contributed by atoms with Gasteiger partial charge in [-0.2, -0.15) is 0 Å². The molecule has 1 aromatic carbocycles. The number of rotatable bonds is 3. The van der Waals surface area contributed by atoms with Gasteiger partial charge in [0.05, 0.1) is 6.04 Å². The Labute approximate surface area is 162 Å². The molecule has 2 aliphatic rings. The number of aromatic nitrogens is 1. The molecular formula is C20H22FN5O2. The van der Waals surface area contributed by atoms with Crippen LogP contribution in [0.5, 0.6) is 0 Å². The Morgan fingerprint density at radius 3 is 2.54 bits per heavy atom. The van der Waals surface area contributed by atoms with E-state index in [1.54, 1.807) is 4.90 Å². The fourth-order valence-electron chi connectivity index (χ4n) is 3.87. The molecule has 2 saturated heterocycles. The van der Waals surface area contributed by atoms with Crippen molar-refractivity contribution in [2.24, 2.45) is 0 Å². The zero-order valence-electron chi connectivity index (χ0n) is 15.3. The second kappa shape index (κ2) is 8.04. The number of benzene rings is 1. The van der Waals surface area contributed by atoms with Crippen LogP contribution in [0.4, 0.5) is 4.39 Å². The summed E-state index contributed by atoms with van der Waals surface area (Å²) in [6, 6.07) is 12.6. The summed E-state index contributed by atoms with van der Waals surface area (Å²) in [6.07, 6.45) is 1.80. The summed E-state index contributed by atoms with van der Waals surface area (Å²) in [6.45, 7) is 2.16. The van der Waals surface area contributed by atoms with Gasteiger partial charge in [0, 0.05) is 44.8 Å². The molecule has 3 heterocycles. The summed E-state index contributed by atoms with van der Waals surface area (Å²) in [4.78, 5) is 32.3. The van der Waals surface area contributed by atoms with Crippen molar-refractivity contribution < 1.29 is 14.0 Å². The van der Waals surface area contributed by atoms with Gasteiger partial charge in [-0.1, -0.05) is 30.3 Å². The third kappa shape index (κ3) is 3.74. The highest BCUT2D eigenvalue weighted by atomic mass is 19.1. The zero-order valence-corrected chi connectivity index (χ0v) is 15.3. The summed E-state index contributed by atoms with van der Waals surface area (Å²) in [5, 5.41) is 0. The smallest absolute Gasteiger partial charge is 0.275 e. The zero-order chi connectivity index (χ0) is 19.5. The van der Waals surface area contributed by atoms with E-state index in [4.69, 9.17) is 0 Å². The van der Waals surface area contributed by atoms with Crippen LogP contribution in [0.15, 0.2) is 48.7 Å². The van der Waals surface area contributed by atoms with Crippen molar-refractivity contribution in [3.63, 3.8) is 0 Å². The molecule has 8 heteroatoms. The van der Waals surface area contributed by atoms with Crippen LogP contribution in [0.2, 0.25) is 0 Å². The standard InChI is InChI=1S/C20H22FN5O2/c21-15-7-4-8-22-19(15)20(28)26-11-9-25(10-12-26)16-13-17(27)23-24-18(16)14-5-2-1-3-6-14/h1-8,16,18,24H,9-13H2,(H,23,27). The lowest BCUT2D eigenvalue weighted by molar-refractivity contribution is -0.127. The van der Waals surface area contributed by atoms with Crippen molar-refractivity contribution in [2.45, 2.75) is 18.5 Å². The lowest BCUT2D eigenvalue weighted by Crippen LogP contribution is -2.60. The normalized spacial score (nSPS) is 23.3. The number of pyridine rings is 1. The summed E-state index contributed by atoms with van der Waals surface area (Å²) >= 11 is 0. The van der Waals surface area contributed by atoms with Gasteiger partial charge in [0.1, 0.15) is 0 Å². The molecule has 2 atom stereocenters. The van der Waals surface area contributed by atoms with Gasteiger partial charge in [-0.25, -0.2) is 14.8 Å². The number of carbonyl (C=O) groups is 2. The van der Waals surface area contributed by atoms with Crippen molar-refractivity contribution in [1.82, 2.24) is 25.6 Å². The average molecular weight is 383 g/mol. The number of amides is 2. The summed E-state index contributed by atoms with van der Waals surface area (Å²) in [5.41, 5.74) is 6.80. The minimum absolute atomic E-state index is 0.0139. The Hall–Kier alpha value is -2.84. The Bertz CT molecular complexity index is 855. The average Bonchev–Trinajstić information content (AvgIpc) is 2.74. The Kier molecular flexibility index (Phi) is 5.31. The Balaban J connectivity index is 1.45. The van der Waals surface area contributed by atoms with E-state index in [1.807, 2.05) is 30.3 Å². The molecule has 2 unspecified atom stereocenters. The Morgan fingerprint density at radius 1 is 1.07 bits per heavy atom. The van der Waals surface area contributed by atoms with Gasteiger partial charge in [0.2, 0.25) is 5.91 Å². The highest BCUT2D eigenvalue weighted by Crippen LogP contribution is 2.26. The molecule has 146 valence electrons. The monoisotopic (exact) mass is 383 g/mol. The molecule has 0 aliphatic carbocycles. The number of halogens is 1. The van der Waals surface area contributed by atoms with E-state index in [0.717, 1.165) is 5.56 Å². The molecule has 1 aromatic heterocycles. The minimum atomic E-state index is -0.604. The second-order valence-corrected chi connectivity index (χ2v) is 7.01. The van der Waals surface area contributed by atoms with Crippen LogP contribution in [0.25, 0.3) is 0 Å². The Morgan fingerprint density at radius 2 is 1.82 bits per heavy atom. The molecule has 0 bridgehead atoms. The van der Waals surface area contributed by atoms with E-state index in [9.17, 15) is 14.0 Å². The van der Waals surface area contributed by atoms with Gasteiger partial charge in [0.25, 0.3) is 5.91 Å². The molecular weight excluding hydrogens is 361 g/mol. The number of nitrogens with zero attached hydrogens (tertiary/aromatic N) is 3. The minimum Gasteiger partial charge on any atom is -0.335 e. The molecule has 2 N–H and O–H groups in total. The first-order valence-electron chi connectivity index (χ1n) is 9.36. The number of hydrogen-bond donors (Lipinski definition) is 2. The predicted octanol–water partition coefficient (Wildman–Crippen LogP) is 1.11. The van der Waals surface area contributed by atoms with Crippen molar-refractivity contribution in [3.05, 3.63) is 65.7 Å². The molecule has 0 saturated carbocycles. The van der Waals surface area contributed by atoms with E-state index >= 15 is 0 Å². The molecule has 0 spiro atoms. The van der Waals surface area contributed by atoms with Gasteiger partial charge in [-0.3, -0.25) is 19.9 Å². The molecule has 2 fully saturated rings. The van der Waals surface area contributed by atoms with E-state index in [0.29, 0.717) is 32.6 Å². The van der Waals surface area contributed by atoms with Gasteiger partial charge in [-0.05, 0) is 17.7 Å². The van der Waals surface area contributed by atoms with Crippen molar-refractivity contribution in [3.8, 4) is 0 Å². The van der Waals surface area contributed by atoms with Crippen LogP contribution in [0.1, 0.15) is 28.5 Å². The second-order valence-electron chi connectivity index (χ2n) is 7.01. The first-order chi connectivity index (χ1) is 13.6. The van der Waals surface area contributed by atoms with Gasteiger partial charge >= 0.3 is 0 Å². The van der Waals surface area contributed by atoms with Crippen molar-refractivity contribution >= 4 is 11.8 Å². The van der Waals surface area contributed by atoms with E-state index in [2.05, 4.69) is 20.7 Å². The number of hydrazine groups is 1. The molecule has 28 heavy (non-hydrogen) atoms. The summed E-state index contributed by atoms with van der Waals surface area (Å²) in [7, 11) is 0. The number of hydrogen-bond acceptors (Lipinski definition) is 5. The SMILES string of the molecule is O=C1CC(N2CCN(C(=O)c3ncccc3F)CC2)C(c2ccccc2)NN1. The van der Waals surface area contributed by atoms with Crippen molar-refractivity contribution in [1.29, 1.82) is 0 Å². The van der Waals surface area contributed by atoms with Gasteiger partial charge < -0.3 is 4.90 Å². The van der Waals surface area contributed by atoms with Gasteiger partial charge in [-0.15, -0.1) is 0 Å². The number of nitrogens with one attached hydrogen (secondary N) is 2. The van der Waals surface area contributed by atoms with E-state index in [-0.39, 0.29) is 23.7 Å². The first kappa shape index (κ1) is 18.5. The molecule has 2 amide bonds. The number of carbonyl (C=O) groups excluding carboxylic acids is 2. The van der Waals surface area contributed by atoms with Crippen LogP contribution in [-0.4, -0.2) is 58.8 Å². The first-order valence-corrected chi connectivity index (χ1v) is 9.36. The highest BCUT2D eigenvalue weighted by Gasteiger charge is 2.36. The van der Waals surface area contributed by atoms with Crippen LogP contribution < -0.4 is 10.9 Å². The fraction of sp³-hybridized carbons (Fsp3) is 0.350. The molecule has 0 radical (unpaired) electrons. The largest absolute Gasteiger partial charge is 0.335 e. The maximum Gasteiger partial charge on any atom is 0.275 e. The maximum absolute atomic E-state index is 13.9. The van der Waals surface area contributed by atoms with Crippen LogP contribution in [0.3, 0.4) is 0 Å². The lowest BCUT2D eigenvalue weighted by Gasteiger charge is -2.44. The quantitative estimate of drug-likeness (QED) is 0.831. The molecule has 2 aromatic rings. The van der Waals surface area contributed by atoms with E-state index in [1.165, 1.54) is 18.3 Å². The molecule has 2 aliphatic heterocycles. The highest BCUT2D eigenvalue weighted by molar-refractivity contribution is 5.92. The van der Waals surface area contributed by atoms with Gasteiger partial charge in [0.15, 0.2) is 11.5 Å². The third-order valence-electron chi connectivity index (χ3n) is 5.34. The van der Waals surface area contributed by atoms with Crippen molar-refractivity contribution in [2.75, 3.05) is 26.2 Å².